The van der Waals surface area contributed by atoms with Gasteiger partial charge in [-0.05, 0) is 43.9 Å². The lowest BCUT2D eigenvalue weighted by Crippen LogP contribution is -2.43. The van der Waals surface area contributed by atoms with E-state index in [0.29, 0.717) is 13.1 Å². The van der Waals surface area contributed by atoms with Crippen LogP contribution in [0.5, 0.6) is 0 Å². The number of hydrogen-bond donors (Lipinski definition) is 3. The first kappa shape index (κ1) is 18.9. The largest absolute Gasteiger partial charge is 0.388 e. The second-order valence-electron chi connectivity index (χ2n) is 7.21. The molecular formula is C21H28N2O2S. The van der Waals surface area contributed by atoms with Crippen LogP contribution in [-0.2, 0) is 11.8 Å². The lowest BCUT2D eigenvalue weighted by molar-refractivity contribution is 0.203. The van der Waals surface area contributed by atoms with E-state index >= 15 is 0 Å². The number of amides is 2. The minimum absolute atomic E-state index is 0.0224. The van der Waals surface area contributed by atoms with E-state index in [0.717, 1.165) is 24.1 Å². The molecule has 3 rings (SSSR count). The van der Waals surface area contributed by atoms with Crippen LogP contribution in [0.2, 0.25) is 0 Å². The van der Waals surface area contributed by atoms with E-state index in [1.165, 1.54) is 23.3 Å². The van der Waals surface area contributed by atoms with Gasteiger partial charge in [0.05, 0.1) is 6.10 Å². The molecule has 1 fully saturated rings. The molecule has 140 valence electrons. The summed E-state index contributed by atoms with van der Waals surface area (Å²) in [4.78, 5) is 14.5. The maximum absolute atomic E-state index is 12.2. The van der Waals surface area contributed by atoms with Crippen LogP contribution in [0.3, 0.4) is 0 Å². The highest BCUT2D eigenvalue weighted by molar-refractivity contribution is 7.12. The maximum atomic E-state index is 12.2. The molecular weight excluding hydrogens is 344 g/mol. The molecule has 0 radical (unpaired) electrons. The van der Waals surface area contributed by atoms with Gasteiger partial charge in [-0.1, -0.05) is 43.2 Å². The molecule has 1 unspecified atom stereocenters. The molecule has 1 saturated carbocycles. The van der Waals surface area contributed by atoms with Gasteiger partial charge < -0.3 is 15.7 Å². The summed E-state index contributed by atoms with van der Waals surface area (Å²) in [6.07, 6.45) is 4.98. The average molecular weight is 373 g/mol. The minimum atomic E-state index is -0.429. The van der Waals surface area contributed by atoms with Crippen molar-refractivity contribution in [2.75, 3.05) is 13.1 Å². The fraction of sp³-hybridized carbons (Fsp3) is 0.476. The van der Waals surface area contributed by atoms with E-state index in [9.17, 15) is 9.90 Å². The van der Waals surface area contributed by atoms with Gasteiger partial charge in [-0.3, -0.25) is 0 Å². The number of benzene rings is 1. The summed E-state index contributed by atoms with van der Waals surface area (Å²) in [6, 6.07) is 14.2. The molecule has 1 aromatic carbocycles. The number of rotatable bonds is 7. The van der Waals surface area contributed by atoms with Crippen LogP contribution in [0.4, 0.5) is 4.79 Å². The molecule has 1 aliphatic carbocycles. The Morgan fingerprint density at radius 3 is 2.54 bits per heavy atom. The van der Waals surface area contributed by atoms with Gasteiger partial charge in [0.2, 0.25) is 0 Å². The molecule has 4 nitrogen and oxygen atoms in total. The highest BCUT2D eigenvalue weighted by Gasteiger charge is 2.37. The van der Waals surface area contributed by atoms with E-state index in [1.54, 1.807) is 18.3 Å². The van der Waals surface area contributed by atoms with E-state index in [1.807, 2.05) is 24.3 Å². The normalized spacial score (nSPS) is 17.0. The average Bonchev–Trinajstić information content (AvgIpc) is 3.31. The van der Waals surface area contributed by atoms with Gasteiger partial charge in [-0.15, -0.1) is 11.3 Å². The number of hydrogen-bond acceptors (Lipinski definition) is 3. The molecule has 1 atom stereocenters. The van der Waals surface area contributed by atoms with Crippen LogP contribution in [0, 0.1) is 0 Å². The van der Waals surface area contributed by atoms with Gasteiger partial charge in [0.1, 0.15) is 0 Å². The summed E-state index contributed by atoms with van der Waals surface area (Å²) in [7, 11) is 0. The van der Waals surface area contributed by atoms with Gasteiger partial charge >= 0.3 is 6.03 Å². The van der Waals surface area contributed by atoms with Crippen LogP contribution in [0.25, 0.3) is 0 Å². The Hall–Kier alpha value is -1.85. The smallest absolute Gasteiger partial charge is 0.314 e. The van der Waals surface area contributed by atoms with Crippen molar-refractivity contribution in [3.8, 4) is 0 Å². The lowest BCUT2D eigenvalue weighted by Gasteiger charge is -2.28. The van der Waals surface area contributed by atoms with Gasteiger partial charge in [0.25, 0.3) is 0 Å². The second-order valence-corrected chi connectivity index (χ2v) is 8.33. The Balaban J connectivity index is 1.52. The van der Waals surface area contributed by atoms with Gasteiger partial charge in [-0.2, -0.15) is 0 Å². The molecule has 0 saturated heterocycles. The number of urea groups is 1. The van der Waals surface area contributed by atoms with Crippen molar-refractivity contribution in [3.05, 3.63) is 57.8 Å². The van der Waals surface area contributed by atoms with Crippen molar-refractivity contribution >= 4 is 17.4 Å². The first-order valence-corrected chi connectivity index (χ1v) is 10.2. The number of nitrogens with one attached hydrogen (secondary N) is 2. The summed E-state index contributed by atoms with van der Waals surface area (Å²) in [5.74, 6) is 0. The monoisotopic (exact) mass is 372 g/mol. The molecule has 1 heterocycles. The molecule has 0 aliphatic heterocycles. The Morgan fingerprint density at radius 2 is 1.88 bits per heavy atom. The summed E-state index contributed by atoms with van der Waals surface area (Å²) >= 11 is 1.68. The van der Waals surface area contributed by atoms with Crippen molar-refractivity contribution in [3.63, 3.8) is 0 Å². The van der Waals surface area contributed by atoms with Crippen molar-refractivity contribution in [1.82, 2.24) is 10.6 Å². The van der Waals surface area contributed by atoms with E-state index < -0.39 is 6.10 Å². The van der Waals surface area contributed by atoms with Crippen molar-refractivity contribution in [2.45, 2.75) is 50.5 Å². The summed E-state index contributed by atoms with van der Waals surface area (Å²) in [6.45, 7) is 3.09. The molecule has 1 aromatic heterocycles. The summed E-state index contributed by atoms with van der Waals surface area (Å²) < 4.78 is 0. The Labute approximate surface area is 159 Å². The van der Waals surface area contributed by atoms with Gasteiger partial charge in [0, 0.05) is 28.3 Å². The predicted molar refractivity (Wildman–Crippen MR) is 107 cm³/mol. The summed E-state index contributed by atoms with van der Waals surface area (Å²) in [5, 5.41) is 15.8. The number of aliphatic hydroxyl groups excluding tert-OH is 1. The topological polar surface area (TPSA) is 61.4 Å². The molecule has 1 aliphatic rings. The van der Waals surface area contributed by atoms with Crippen molar-refractivity contribution in [2.24, 2.45) is 0 Å². The third-order valence-corrected chi connectivity index (χ3v) is 6.75. The number of carbonyl (C=O) groups is 1. The molecule has 2 aromatic rings. The quantitative estimate of drug-likeness (QED) is 0.683. The lowest BCUT2D eigenvalue weighted by atomic mass is 9.84. The van der Waals surface area contributed by atoms with Gasteiger partial charge in [0.15, 0.2) is 0 Å². The zero-order valence-electron chi connectivity index (χ0n) is 15.3. The molecule has 5 heteroatoms. The minimum Gasteiger partial charge on any atom is -0.388 e. The standard InChI is InChI=1S/C21H28N2O2S/c1-16(24)18-9-10-19(26-18)21(12-5-6-13-21)15-23-20(25)22-14-11-17-7-3-2-4-8-17/h2-4,7-10,16,24H,5-6,11-15H2,1H3,(H2,22,23,25). The van der Waals surface area contributed by atoms with Crippen LogP contribution >= 0.6 is 11.3 Å². The Bertz CT molecular complexity index is 706. The van der Waals surface area contributed by atoms with Crippen LogP contribution in [0.15, 0.2) is 42.5 Å². The second kappa shape index (κ2) is 8.69. The first-order chi connectivity index (χ1) is 12.6. The molecule has 2 amide bonds. The zero-order chi connectivity index (χ0) is 18.4. The highest BCUT2D eigenvalue weighted by atomic mass is 32.1. The fourth-order valence-electron chi connectivity index (χ4n) is 3.70. The molecule has 3 N–H and O–H groups in total. The SMILES string of the molecule is CC(O)c1ccc(C2(CNC(=O)NCCc3ccccc3)CCCC2)s1. The first-order valence-electron chi connectivity index (χ1n) is 9.43. The van der Waals surface area contributed by atoms with E-state index in [2.05, 4.69) is 28.8 Å². The van der Waals surface area contributed by atoms with Gasteiger partial charge in [-0.25, -0.2) is 4.79 Å². The van der Waals surface area contributed by atoms with Crippen molar-refractivity contribution < 1.29 is 9.90 Å². The van der Waals surface area contributed by atoms with E-state index in [4.69, 9.17) is 0 Å². The molecule has 0 spiro atoms. The fourth-order valence-corrected chi connectivity index (χ4v) is 4.89. The highest BCUT2D eigenvalue weighted by Crippen LogP contribution is 2.44. The summed E-state index contributed by atoms with van der Waals surface area (Å²) in [5.41, 5.74) is 1.25. The zero-order valence-corrected chi connectivity index (χ0v) is 16.1. The maximum Gasteiger partial charge on any atom is 0.314 e. The van der Waals surface area contributed by atoms with Crippen LogP contribution < -0.4 is 10.6 Å². The number of carbonyl (C=O) groups excluding carboxylic acids is 1. The number of aliphatic hydroxyl groups is 1. The Morgan fingerprint density at radius 1 is 1.15 bits per heavy atom. The van der Waals surface area contributed by atoms with Crippen LogP contribution in [-0.4, -0.2) is 24.2 Å². The van der Waals surface area contributed by atoms with Crippen molar-refractivity contribution in [1.29, 1.82) is 0 Å². The number of thiophene rings is 1. The third-order valence-electron chi connectivity index (χ3n) is 5.25. The van der Waals surface area contributed by atoms with Crippen LogP contribution in [0.1, 0.15) is 54.0 Å². The Kier molecular flexibility index (Phi) is 6.33. The molecule has 0 bridgehead atoms. The molecule has 26 heavy (non-hydrogen) atoms. The van der Waals surface area contributed by atoms with E-state index in [-0.39, 0.29) is 11.4 Å². The predicted octanol–water partition coefficient (Wildman–Crippen LogP) is 4.16. The third kappa shape index (κ3) is 4.65.